The molecule has 0 fully saturated rings. The fraction of sp³-hybridized carbons (Fsp3) is 0.942. The van der Waals surface area contributed by atoms with Gasteiger partial charge in [0.05, 0.1) is 26.4 Å². The molecule has 6 atom stereocenters. The standard InChI is InChI=1S/C69H134O17P2/c1-9-62(8)48-40-32-23-19-20-26-36-44-52-69(74)86-65(56-80-67(72)50-42-34-28-27-31-39-47-61(6)7)58-84-88(77,78)82-54-63(70)53-81-87(75,76)83-57-64(85-68(73)51-43-35-25-18-14-16-22-30-38-46-60(4)5)55-79-66(71)49-41-33-24-17-13-11-10-12-15-21-29-37-45-59(2)3/h59-65,70H,9-58H2,1-8H3,(H,75,76)(H,77,78)/t62?,63-,64-,65-/m1/s1. The summed E-state index contributed by atoms with van der Waals surface area (Å²) in [5, 5.41) is 10.6. The van der Waals surface area contributed by atoms with Crippen LogP contribution in [0.4, 0.5) is 0 Å². The topological polar surface area (TPSA) is 237 Å². The van der Waals surface area contributed by atoms with Crippen LogP contribution in [0.25, 0.3) is 0 Å². The number of aliphatic hydroxyl groups is 1. The van der Waals surface area contributed by atoms with Gasteiger partial charge < -0.3 is 33.8 Å². The normalized spacial score (nSPS) is 14.6. The Morgan fingerprint density at radius 2 is 0.545 bits per heavy atom. The smallest absolute Gasteiger partial charge is 0.462 e. The van der Waals surface area contributed by atoms with Gasteiger partial charge in [0.2, 0.25) is 0 Å². The monoisotopic (exact) mass is 1300 g/mol. The largest absolute Gasteiger partial charge is 0.472 e. The van der Waals surface area contributed by atoms with E-state index in [9.17, 15) is 43.2 Å². The summed E-state index contributed by atoms with van der Waals surface area (Å²) in [4.78, 5) is 72.5. The predicted molar refractivity (Wildman–Crippen MR) is 354 cm³/mol. The molecule has 0 amide bonds. The molecule has 0 saturated heterocycles. The highest BCUT2D eigenvalue weighted by atomic mass is 31.2. The van der Waals surface area contributed by atoms with E-state index in [4.69, 9.17) is 37.0 Å². The number of aliphatic hydroxyl groups excluding tert-OH is 1. The highest BCUT2D eigenvalue weighted by Crippen LogP contribution is 2.45. The number of phosphoric ester groups is 2. The van der Waals surface area contributed by atoms with Crippen molar-refractivity contribution in [2.75, 3.05) is 39.6 Å². The van der Waals surface area contributed by atoms with Crippen molar-refractivity contribution in [3.63, 3.8) is 0 Å². The van der Waals surface area contributed by atoms with Crippen molar-refractivity contribution in [1.29, 1.82) is 0 Å². The number of hydrogen-bond donors (Lipinski definition) is 3. The van der Waals surface area contributed by atoms with Crippen molar-refractivity contribution in [2.24, 2.45) is 23.7 Å². The Morgan fingerprint density at radius 3 is 0.807 bits per heavy atom. The Hall–Kier alpha value is -1.94. The summed E-state index contributed by atoms with van der Waals surface area (Å²) in [6, 6.07) is 0. The Balaban J connectivity index is 5.25. The van der Waals surface area contributed by atoms with Crippen LogP contribution in [0.2, 0.25) is 0 Å². The highest BCUT2D eigenvalue weighted by molar-refractivity contribution is 7.47. The number of carbonyl (C=O) groups is 4. The molecular formula is C69H134O17P2. The zero-order valence-electron chi connectivity index (χ0n) is 57.3. The molecule has 0 radical (unpaired) electrons. The first kappa shape index (κ1) is 86.1. The Labute approximate surface area is 537 Å². The van der Waals surface area contributed by atoms with Crippen molar-refractivity contribution in [1.82, 2.24) is 0 Å². The molecule has 0 bridgehead atoms. The minimum absolute atomic E-state index is 0.103. The van der Waals surface area contributed by atoms with Gasteiger partial charge in [-0.2, -0.15) is 0 Å². The quantitative estimate of drug-likeness (QED) is 0.0222. The van der Waals surface area contributed by atoms with E-state index in [1.54, 1.807) is 0 Å². The van der Waals surface area contributed by atoms with E-state index in [0.29, 0.717) is 31.6 Å². The second-order valence-electron chi connectivity index (χ2n) is 26.6. The SMILES string of the molecule is CCC(C)CCCCCCCCCCC(=O)O[C@H](COC(=O)CCCCCCCCC(C)C)COP(=O)(O)OC[C@H](O)COP(=O)(O)OC[C@@H](COC(=O)CCCCCCCCCCCCCCC(C)C)OC(=O)CCCCCCCCCCCC(C)C. The van der Waals surface area contributed by atoms with Crippen molar-refractivity contribution in [2.45, 2.75) is 356 Å². The van der Waals surface area contributed by atoms with Crippen molar-refractivity contribution >= 4 is 39.5 Å². The first-order chi connectivity index (χ1) is 42.1. The summed E-state index contributed by atoms with van der Waals surface area (Å²) in [5.74, 6) is 0.833. The summed E-state index contributed by atoms with van der Waals surface area (Å²) < 4.78 is 68.2. The summed E-state index contributed by atoms with van der Waals surface area (Å²) in [6.07, 6.45) is 40.4. The van der Waals surface area contributed by atoms with E-state index in [0.717, 1.165) is 114 Å². The molecule has 0 aromatic carbocycles. The molecule has 3 unspecified atom stereocenters. The van der Waals surface area contributed by atoms with Gasteiger partial charge in [-0.1, -0.05) is 287 Å². The molecule has 522 valence electrons. The molecule has 0 aromatic rings. The third-order valence-electron chi connectivity index (χ3n) is 16.2. The van der Waals surface area contributed by atoms with Gasteiger partial charge in [0.25, 0.3) is 0 Å². The van der Waals surface area contributed by atoms with Crippen LogP contribution < -0.4 is 0 Å². The number of ether oxygens (including phenoxy) is 4. The average Bonchev–Trinajstić information content (AvgIpc) is 3.62. The van der Waals surface area contributed by atoms with Crippen LogP contribution >= 0.6 is 15.6 Å². The van der Waals surface area contributed by atoms with Crippen LogP contribution in [0.3, 0.4) is 0 Å². The number of carbonyl (C=O) groups excluding carboxylic acids is 4. The Bertz CT molecular complexity index is 1750. The zero-order chi connectivity index (χ0) is 65.4. The lowest BCUT2D eigenvalue weighted by atomic mass is 9.99. The lowest BCUT2D eigenvalue weighted by Crippen LogP contribution is -2.30. The van der Waals surface area contributed by atoms with Crippen molar-refractivity contribution < 1.29 is 80.2 Å². The van der Waals surface area contributed by atoms with Crippen LogP contribution in [0.15, 0.2) is 0 Å². The molecule has 19 heteroatoms. The minimum atomic E-state index is -4.95. The Kier molecular flexibility index (Phi) is 57.6. The summed E-state index contributed by atoms with van der Waals surface area (Å²) in [6.45, 7) is 14.0. The molecule has 0 spiro atoms. The lowest BCUT2D eigenvalue weighted by molar-refractivity contribution is -0.161. The molecule has 0 aliphatic heterocycles. The van der Waals surface area contributed by atoms with Gasteiger partial charge in [0.1, 0.15) is 19.3 Å². The second-order valence-corrected chi connectivity index (χ2v) is 29.5. The maximum atomic E-state index is 13.0. The van der Waals surface area contributed by atoms with Gasteiger partial charge >= 0.3 is 39.5 Å². The second kappa shape index (κ2) is 58.8. The number of esters is 4. The van der Waals surface area contributed by atoms with Crippen molar-refractivity contribution in [3.8, 4) is 0 Å². The number of rotatable bonds is 66. The molecule has 0 rings (SSSR count). The maximum Gasteiger partial charge on any atom is 0.472 e. The predicted octanol–water partition coefficient (Wildman–Crippen LogP) is 19.3. The van der Waals surface area contributed by atoms with E-state index in [2.05, 4.69) is 55.4 Å². The molecule has 0 heterocycles. The molecule has 17 nitrogen and oxygen atoms in total. The fourth-order valence-corrected chi connectivity index (χ4v) is 11.9. The van der Waals surface area contributed by atoms with Crippen molar-refractivity contribution in [3.05, 3.63) is 0 Å². The van der Waals surface area contributed by atoms with Gasteiger partial charge in [-0.25, -0.2) is 9.13 Å². The average molecular weight is 1300 g/mol. The molecular weight excluding hydrogens is 1160 g/mol. The molecule has 0 aliphatic rings. The number of phosphoric acid groups is 2. The number of hydrogen-bond acceptors (Lipinski definition) is 15. The summed E-state index contributed by atoms with van der Waals surface area (Å²) in [5.41, 5.74) is 0. The van der Waals surface area contributed by atoms with Crippen LogP contribution in [0.1, 0.15) is 338 Å². The van der Waals surface area contributed by atoms with E-state index in [1.807, 2.05) is 0 Å². The zero-order valence-corrected chi connectivity index (χ0v) is 59.1. The molecule has 0 aromatic heterocycles. The van der Waals surface area contributed by atoms with Crippen LogP contribution in [0.5, 0.6) is 0 Å². The van der Waals surface area contributed by atoms with Gasteiger partial charge in [0, 0.05) is 25.7 Å². The van der Waals surface area contributed by atoms with Gasteiger partial charge in [-0.3, -0.25) is 37.3 Å². The molecule has 88 heavy (non-hydrogen) atoms. The summed E-state index contributed by atoms with van der Waals surface area (Å²) in [7, 11) is -9.90. The molecule has 0 saturated carbocycles. The van der Waals surface area contributed by atoms with E-state index >= 15 is 0 Å². The van der Waals surface area contributed by atoms with Gasteiger partial charge in [-0.15, -0.1) is 0 Å². The third-order valence-corrected chi connectivity index (χ3v) is 18.1. The lowest BCUT2D eigenvalue weighted by Gasteiger charge is -2.21. The van der Waals surface area contributed by atoms with Gasteiger partial charge in [-0.05, 0) is 49.4 Å². The maximum absolute atomic E-state index is 13.0. The van der Waals surface area contributed by atoms with E-state index < -0.39 is 97.5 Å². The fourth-order valence-electron chi connectivity index (χ4n) is 10.3. The van der Waals surface area contributed by atoms with Crippen LogP contribution in [0, 0.1) is 23.7 Å². The molecule has 0 aliphatic carbocycles. The molecule has 3 N–H and O–H groups in total. The first-order valence-corrected chi connectivity index (χ1v) is 38.7. The van der Waals surface area contributed by atoms with Crippen LogP contribution in [-0.4, -0.2) is 96.7 Å². The Morgan fingerprint density at radius 1 is 0.318 bits per heavy atom. The number of unbranched alkanes of at least 4 members (excludes halogenated alkanes) is 31. The van der Waals surface area contributed by atoms with E-state index in [-0.39, 0.29) is 25.7 Å². The highest BCUT2D eigenvalue weighted by Gasteiger charge is 2.30. The third kappa shape index (κ3) is 61.6. The summed E-state index contributed by atoms with van der Waals surface area (Å²) >= 11 is 0. The first-order valence-electron chi connectivity index (χ1n) is 35.7. The van der Waals surface area contributed by atoms with Crippen LogP contribution in [-0.2, 0) is 65.4 Å². The van der Waals surface area contributed by atoms with E-state index in [1.165, 1.54) is 135 Å². The van der Waals surface area contributed by atoms with Gasteiger partial charge in [0.15, 0.2) is 12.2 Å². The minimum Gasteiger partial charge on any atom is -0.462 e.